The topological polar surface area (TPSA) is 95.6 Å². The largest absolute Gasteiger partial charge is 0.382 e. The smallest absolute Gasteiger partial charge is 0.226 e. The van der Waals surface area contributed by atoms with Gasteiger partial charge in [-0.1, -0.05) is 0 Å². The molecule has 2 aromatic rings. The molecule has 1 aliphatic carbocycles. The zero-order valence-electron chi connectivity index (χ0n) is 10.7. The van der Waals surface area contributed by atoms with E-state index in [4.69, 9.17) is 23.1 Å². The maximum absolute atomic E-state index is 5.92. The van der Waals surface area contributed by atoms with Crippen LogP contribution in [0.15, 0.2) is 6.33 Å². The molecule has 0 aliphatic heterocycles. The zero-order chi connectivity index (χ0) is 12.7. The number of fused-ring (bicyclic) bond motifs is 1. The van der Waals surface area contributed by atoms with E-state index >= 15 is 0 Å². The minimum Gasteiger partial charge on any atom is -0.382 e. The highest BCUT2D eigenvalue weighted by Crippen LogP contribution is 2.30. The highest BCUT2D eigenvalue weighted by atomic mass is 35.5. The number of nitrogen functional groups attached to an aromatic ring is 1. The van der Waals surface area contributed by atoms with Crippen molar-refractivity contribution in [1.82, 2.24) is 19.5 Å². The second kappa shape index (κ2) is 6.76. The number of aromatic nitrogens is 4. The monoisotopic (exact) mass is 338 g/mol. The van der Waals surface area contributed by atoms with Crippen LogP contribution < -0.4 is 11.5 Å². The van der Waals surface area contributed by atoms with E-state index in [0.29, 0.717) is 29.1 Å². The molecule has 0 radical (unpaired) electrons. The molecule has 0 spiro atoms. The van der Waals surface area contributed by atoms with E-state index in [1.54, 1.807) is 6.33 Å². The Balaban J connectivity index is 0.000001000. The number of nitrogens with zero attached hydrogens (tertiary/aromatic N) is 4. The minimum absolute atomic E-state index is 0. The molecule has 0 amide bonds. The number of halogens is 3. The molecule has 0 atom stereocenters. The number of hydrogen-bond donors (Lipinski definition) is 2. The predicted molar refractivity (Wildman–Crippen MR) is 84.7 cm³/mol. The lowest BCUT2D eigenvalue weighted by Gasteiger charge is -2.27. The first-order chi connectivity index (χ1) is 8.65. The molecule has 6 nitrogen and oxygen atoms in total. The summed E-state index contributed by atoms with van der Waals surface area (Å²) in [5, 5.41) is 0.161. The maximum Gasteiger partial charge on any atom is 0.226 e. The summed E-state index contributed by atoms with van der Waals surface area (Å²) < 4.78 is 2.05. The fourth-order valence-electron chi connectivity index (χ4n) is 2.56. The Hall–Kier alpha value is -0.820. The first kappa shape index (κ1) is 17.2. The molecular formula is C11H17Cl3N6. The van der Waals surface area contributed by atoms with Gasteiger partial charge in [0.05, 0.1) is 6.33 Å². The van der Waals surface area contributed by atoms with Crippen LogP contribution in [-0.4, -0.2) is 25.6 Å². The molecule has 2 aromatic heterocycles. The van der Waals surface area contributed by atoms with Crippen molar-refractivity contribution in [3.8, 4) is 0 Å². The summed E-state index contributed by atoms with van der Waals surface area (Å²) in [4.78, 5) is 12.4. The molecular weight excluding hydrogens is 323 g/mol. The molecule has 3 rings (SSSR count). The average Bonchev–Trinajstić information content (AvgIpc) is 2.74. The van der Waals surface area contributed by atoms with Gasteiger partial charge in [-0.15, -0.1) is 24.8 Å². The molecule has 1 saturated carbocycles. The van der Waals surface area contributed by atoms with E-state index in [1.165, 1.54) is 0 Å². The van der Waals surface area contributed by atoms with Gasteiger partial charge in [0.1, 0.15) is 5.52 Å². The number of anilines is 1. The first-order valence-electron chi connectivity index (χ1n) is 6.06. The van der Waals surface area contributed by atoms with Gasteiger partial charge in [0.2, 0.25) is 5.28 Å². The third-order valence-corrected chi connectivity index (χ3v) is 3.72. The van der Waals surface area contributed by atoms with Gasteiger partial charge in [-0.25, -0.2) is 4.98 Å². The predicted octanol–water partition coefficient (Wildman–Crippen LogP) is 2.35. The van der Waals surface area contributed by atoms with E-state index in [0.717, 1.165) is 25.7 Å². The molecule has 1 fully saturated rings. The standard InChI is InChI=1S/C11H15ClN6.2ClH/c12-11-16-9(14)8-10(17-11)18(5-15-8)7-3-1-6(13)2-4-7;;/h5-7H,1-4,13H2,(H2,14,16,17);2*1H. The Morgan fingerprint density at radius 2 is 1.80 bits per heavy atom. The van der Waals surface area contributed by atoms with E-state index in [-0.39, 0.29) is 30.1 Å². The molecule has 0 bridgehead atoms. The lowest BCUT2D eigenvalue weighted by Crippen LogP contribution is -2.27. The summed E-state index contributed by atoms with van der Waals surface area (Å²) >= 11 is 5.85. The SMILES string of the molecule is Cl.Cl.Nc1nc(Cl)nc2c1ncn2C1CCC(N)CC1. The summed E-state index contributed by atoms with van der Waals surface area (Å²) in [5.74, 6) is 0.330. The van der Waals surface area contributed by atoms with Crippen LogP contribution in [0.2, 0.25) is 5.28 Å². The summed E-state index contributed by atoms with van der Waals surface area (Å²) in [6.07, 6.45) is 5.90. The number of imidazole rings is 1. The van der Waals surface area contributed by atoms with Gasteiger partial charge in [-0.3, -0.25) is 0 Å². The fourth-order valence-corrected chi connectivity index (χ4v) is 2.73. The van der Waals surface area contributed by atoms with Crippen LogP contribution in [0.3, 0.4) is 0 Å². The summed E-state index contributed by atoms with van der Waals surface area (Å²) in [5.41, 5.74) is 13.0. The molecule has 0 saturated heterocycles. The quantitative estimate of drug-likeness (QED) is 0.777. The van der Waals surface area contributed by atoms with Crippen molar-refractivity contribution in [3.05, 3.63) is 11.6 Å². The Morgan fingerprint density at radius 1 is 1.15 bits per heavy atom. The summed E-state index contributed by atoms with van der Waals surface area (Å²) in [7, 11) is 0. The van der Waals surface area contributed by atoms with E-state index < -0.39 is 0 Å². The van der Waals surface area contributed by atoms with Gasteiger partial charge >= 0.3 is 0 Å². The number of rotatable bonds is 1. The van der Waals surface area contributed by atoms with Gasteiger partial charge in [-0.05, 0) is 37.3 Å². The van der Waals surface area contributed by atoms with Crippen molar-refractivity contribution in [1.29, 1.82) is 0 Å². The minimum atomic E-state index is 0. The van der Waals surface area contributed by atoms with Crippen LogP contribution in [-0.2, 0) is 0 Å². The first-order valence-corrected chi connectivity index (χ1v) is 6.44. The van der Waals surface area contributed by atoms with E-state index in [1.807, 2.05) is 4.57 Å². The molecule has 2 heterocycles. The van der Waals surface area contributed by atoms with Crippen molar-refractivity contribution >= 4 is 53.4 Å². The van der Waals surface area contributed by atoms with Crippen LogP contribution >= 0.6 is 36.4 Å². The van der Waals surface area contributed by atoms with Crippen molar-refractivity contribution in [2.75, 3.05) is 5.73 Å². The fraction of sp³-hybridized carbons (Fsp3) is 0.545. The third kappa shape index (κ3) is 3.09. The van der Waals surface area contributed by atoms with E-state index in [2.05, 4.69) is 15.0 Å². The van der Waals surface area contributed by atoms with Crippen molar-refractivity contribution in [2.45, 2.75) is 37.8 Å². The Kier molecular flexibility index (Phi) is 5.82. The summed E-state index contributed by atoms with van der Waals surface area (Å²) in [6.45, 7) is 0. The highest BCUT2D eigenvalue weighted by molar-refractivity contribution is 6.28. The lowest BCUT2D eigenvalue weighted by molar-refractivity contribution is 0.328. The maximum atomic E-state index is 5.92. The molecule has 20 heavy (non-hydrogen) atoms. The van der Waals surface area contributed by atoms with Crippen molar-refractivity contribution in [3.63, 3.8) is 0 Å². The van der Waals surface area contributed by atoms with Crippen LogP contribution in [0.5, 0.6) is 0 Å². The number of nitrogens with two attached hydrogens (primary N) is 2. The van der Waals surface area contributed by atoms with Crippen LogP contribution in [0, 0.1) is 0 Å². The summed E-state index contributed by atoms with van der Waals surface area (Å²) in [6, 6.07) is 0.694. The lowest BCUT2D eigenvalue weighted by atomic mass is 9.92. The van der Waals surface area contributed by atoms with Crippen LogP contribution in [0.25, 0.3) is 11.2 Å². The van der Waals surface area contributed by atoms with Crippen molar-refractivity contribution < 1.29 is 0 Å². The average molecular weight is 340 g/mol. The molecule has 112 valence electrons. The molecule has 4 N–H and O–H groups in total. The second-order valence-corrected chi connectivity index (χ2v) is 5.11. The van der Waals surface area contributed by atoms with Gasteiger partial charge < -0.3 is 16.0 Å². The molecule has 1 aliphatic rings. The molecule has 0 aromatic carbocycles. The number of hydrogen-bond acceptors (Lipinski definition) is 5. The van der Waals surface area contributed by atoms with Gasteiger partial charge in [-0.2, -0.15) is 9.97 Å². The normalized spacial score (nSPS) is 22.1. The molecule has 0 unspecified atom stereocenters. The molecule has 9 heteroatoms. The third-order valence-electron chi connectivity index (χ3n) is 3.56. The van der Waals surface area contributed by atoms with Gasteiger partial charge in [0, 0.05) is 12.1 Å². The highest BCUT2D eigenvalue weighted by Gasteiger charge is 2.22. The Morgan fingerprint density at radius 3 is 2.45 bits per heavy atom. The zero-order valence-corrected chi connectivity index (χ0v) is 13.1. The Bertz CT molecular complexity index is 579. The Labute approximate surface area is 134 Å². The second-order valence-electron chi connectivity index (χ2n) is 4.77. The van der Waals surface area contributed by atoms with Crippen LogP contribution in [0.1, 0.15) is 31.7 Å². The van der Waals surface area contributed by atoms with Gasteiger partial charge in [0.15, 0.2) is 11.5 Å². The van der Waals surface area contributed by atoms with Crippen LogP contribution in [0.4, 0.5) is 5.82 Å². The van der Waals surface area contributed by atoms with Gasteiger partial charge in [0.25, 0.3) is 0 Å². The van der Waals surface area contributed by atoms with E-state index in [9.17, 15) is 0 Å². The van der Waals surface area contributed by atoms with Crippen molar-refractivity contribution in [2.24, 2.45) is 5.73 Å².